The Balaban J connectivity index is 4.56. The third-order valence-corrected chi connectivity index (χ3v) is 1.86. The fraction of sp³-hybridized carbons (Fsp3) is 0.667. The molecule has 1 unspecified atom stereocenters. The lowest BCUT2D eigenvalue weighted by Gasteiger charge is -2.19. The Labute approximate surface area is 78.1 Å². The average molecular weight is 182 g/mol. The van der Waals surface area contributed by atoms with Gasteiger partial charge in [0, 0.05) is 13.1 Å². The standard InChI is InChI=1S/C9H14N2O2/c1-4-11(5-2)9(13)8(6-10)7(3)12/h8H,4-5H2,1-3H3. The first kappa shape index (κ1) is 11.6. The van der Waals surface area contributed by atoms with Gasteiger partial charge in [-0.05, 0) is 20.8 Å². The Bertz CT molecular complexity index is 238. The molecule has 1 amide bonds. The molecule has 0 aromatic rings. The monoisotopic (exact) mass is 182 g/mol. The summed E-state index contributed by atoms with van der Waals surface area (Å²) in [6.45, 7) is 5.95. The molecule has 0 aromatic carbocycles. The minimum atomic E-state index is -1.13. The molecule has 13 heavy (non-hydrogen) atoms. The molecule has 0 fully saturated rings. The number of nitrogens with zero attached hydrogens (tertiary/aromatic N) is 2. The lowest BCUT2D eigenvalue weighted by Crippen LogP contribution is -2.37. The predicted molar refractivity (Wildman–Crippen MR) is 47.7 cm³/mol. The van der Waals surface area contributed by atoms with Gasteiger partial charge in [-0.2, -0.15) is 5.26 Å². The number of carbonyl (C=O) groups is 2. The summed E-state index contributed by atoms with van der Waals surface area (Å²) in [6.07, 6.45) is 0. The van der Waals surface area contributed by atoms with Gasteiger partial charge >= 0.3 is 0 Å². The predicted octanol–water partition coefficient (Wildman–Crippen LogP) is 0.584. The van der Waals surface area contributed by atoms with Crippen molar-refractivity contribution in [1.82, 2.24) is 4.90 Å². The molecule has 0 saturated carbocycles. The Morgan fingerprint density at radius 2 is 1.85 bits per heavy atom. The molecular weight excluding hydrogens is 168 g/mol. The summed E-state index contributed by atoms with van der Waals surface area (Å²) >= 11 is 0. The van der Waals surface area contributed by atoms with E-state index in [0.29, 0.717) is 13.1 Å². The second-order valence-corrected chi connectivity index (χ2v) is 2.68. The van der Waals surface area contributed by atoms with Crippen molar-refractivity contribution >= 4 is 11.7 Å². The van der Waals surface area contributed by atoms with Crippen LogP contribution < -0.4 is 0 Å². The molecule has 1 atom stereocenters. The quantitative estimate of drug-likeness (QED) is 0.597. The molecule has 0 aliphatic carbocycles. The van der Waals surface area contributed by atoms with Crippen LogP contribution in [0.3, 0.4) is 0 Å². The molecule has 0 N–H and O–H groups in total. The average Bonchev–Trinajstić information content (AvgIpc) is 2.07. The zero-order chi connectivity index (χ0) is 10.4. The van der Waals surface area contributed by atoms with Crippen molar-refractivity contribution in [3.63, 3.8) is 0 Å². The molecule has 0 aliphatic heterocycles. The zero-order valence-corrected chi connectivity index (χ0v) is 8.20. The van der Waals surface area contributed by atoms with E-state index < -0.39 is 5.92 Å². The molecule has 0 heterocycles. The van der Waals surface area contributed by atoms with Crippen LogP contribution in [0.2, 0.25) is 0 Å². The van der Waals surface area contributed by atoms with Crippen LogP contribution in [0.4, 0.5) is 0 Å². The molecule has 0 bridgehead atoms. The third kappa shape index (κ3) is 2.86. The minimum Gasteiger partial charge on any atom is -0.342 e. The first-order chi connectivity index (χ1) is 6.08. The first-order valence-corrected chi connectivity index (χ1v) is 4.27. The van der Waals surface area contributed by atoms with Gasteiger partial charge in [-0.1, -0.05) is 0 Å². The van der Waals surface area contributed by atoms with Crippen LogP contribution in [0, 0.1) is 17.2 Å². The van der Waals surface area contributed by atoms with Gasteiger partial charge in [-0.25, -0.2) is 0 Å². The maximum absolute atomic E-state index is 11.5. The molecule has 4 nitrogen and oxygen atoms in total. The van der Waals surface area contributed by atoms with E-state index in [9.17, 15) is 9.59 Å². The van der Waals surface area contributed by atoms with Crippen molar-refractivity contribution in [1.29, 1.82) is 5.26 Å². The van der Waals surface area contributed by atoms with E-state index >= 15 is 0 Å². The molecule has 0 aromatic heterocycles. The number of amides is 1. The molecule has 4 heteroatoms. The lowest BCUT2D eigenvalue weighted by atomic mass is 10.1. The highest BCUT2D eigenvalue weighted by atomic mass is 16.2. The Kier molecular flexibility index (Phi) is 4.75. The van der Waals surface area contributed by atoms with Crippen LogP contribution in [0.5, 0.6) is 0 Å². The number of carbonyl (C=O) groups excluding carboxylic acids is 2. The largest absolute Gasteiger partial charge is 0.342 e. The molecule has 0 rings (SSSR count). The van der Waals surface area contributed by atoms with Crippen molar-refractivity contribution in [3.8, 4) is 6.07 Å². The van der Waals surface area contributed by atoms with Crippen LogP contribution in [-0.2, 0) is 9.59 Å². The maximum atomic E-state index is 11.5. The Morgan fingerprint density at radius 1 is 1.38 bits per heavy atom. The van der Waals surface area contributed by atoms with Gasteiger partial charge in [-0.3, -0.25) is 9.59 Å². The van der Waals surface area contributed by atoms with Gasteiger partial charge in [0.15, 0.2) is 11.7 Å². The number of hydrogen-bond acceptors (Lipinski definition) is 3. The van der Waals surface area contributed by atoms with E-state index in [4.69, 9.17) is 5.26 Å². The van der Waals surface area contributed by atoms with E-state index in [2.05, 4.69) is 0 Å². The van der Waals surface area contributed by atoms with E-state index in [1.54, 1.807) is 6.07 Å². The topological polar surface area (TPSA) is 61.2 Å². The summed E-state index contributed by atoms with van der Waals surface area (Å²) in [7, 11) is 0. The summed E-state index contributed by atoms with van der Waals surface area (Å²) in [4.78, 5) is 23.8. The van der Waals surface area contributed by atoms with Gasteiger partial charge in [-0.15, -0.1) is 0 Å². The number of ketones is 1. The maximum Gasteiger partial charge on any atom is 0.247 e. The van der Waals surface area contributed by atoms with Crippen molar-refractivity contribution < 1.29 is 9.59 Å². The van der Waals surface area contributed by atoms with Gasteiger partial charge < -0.3 is 4.90 Å². The van der Waals surface area contributed by atoms with Crippen LogP contribution in [0.25, 0.3) is 0 Å². The SMILES string of the molecule is CCN(CC)C(=O)C(C#N)C(C)=O. The fourth-order valence-corrected chi connectivity index (χ4v) is 1.04. The summed E-state index contributed by atoms with van der Waals surface area (Å²) < 4.78 is 0. The van der Waals surface area contributed by atoms with Gasteiger partial charge in [0.05, 0.1) is 6.07 Å². The smallest absolute Gasteiger partial charge is 0.247 e. The Hall–Kier alpha value is -1.37. The second kappa shape index (κ2) is 5.31. The number of Topliss-reactive ketones (excluding diaryl/α,β-unsaturated/α-hetero) is 1. The van der Waals surface area contributed by atoms with E-state index in [1.165, 1.54) is 11.8 Å². The molecule has 0 spiro atoms. The number of hydrogen-bond donors (Lipinski definition) is 0. The summed E-state index contributed by atoms with van der Waals surface area (Å²) in [6, 6.07) is 1.71. The highest BCUT2D eigenvalue weighted by Crippen LogP contribution is 2.03. The molecule has 0 saturated heterocycles. The minimum absolute atomic E-state index is 0.389. The fourth-order valence-electron chi connectivity index (χ4n) is 1.04. The first-order valence-electron chi connectivity index (χ1n) is 4.27. The molecule has 0 aliphatic rings. The zero-order valence-electron chi connectivity index (χ0n) is 8.20. The second-order valence-electron chi connectivity index (χ2n) is 2.68. The molecular formula is C9H14N2O2. The van der Waals surface area contributed by atoms with E-state index in [-0.39, 0.29) is 11.7 Å². The molecule has 72 valence electrons. The van der Waals surface area contributed by atoms with E-state index in [1.807, 2.05) is 13.8 Å². The van der Waals surface area contributed by atoms with Gasteiger partial charge in [0.25, 0.3) is 0 Å². The van der Waals surface area contributed by atoms with E-state index in [0.717, 1.165) is 0 Å². The van der Waals surface area contributed by atoms with Gasteiger partial charge in [0.1, 0.15) is 0 Å². The van der Waals surface area contributed by atoms with Gasteiger partial charge in [0.2, 0.25) is 5.91 Å². The lowest BCUT2D eigenvalue weighted by molar-refractivity contribution is -0.137. The molecule has 0 radical (unpaired) electrons. The van der Waals surface area contributed by atoms with Crippen LogP contribution in [0.1, 0.15) is 20.8 Å². The van der Waals surface area contributed by atoms with Crippen molar-refractivity contribution in [2.45, 2.75) is 20.8 Å². The number of rotatable bonds is 4. The summed E-state index contributed by atoms with van der Waals surface area (Å²) in [5.41, 5.74) is 0. The number of nitriles is 1. The Morgan fingerprint density at radius 3 is 2.08 bits per heavy atom. The summed E-state index contributed by atoms with van der Waals surface area (Å²) in [5.74, 6) is -1.90. The van der Waals surface area contributed by atoms with Crippen molar-refractivity contribution in [3.05, 3.63) is 0 Å². The normalized spacial score (nSPS) is 11.5. The van der Waals surface area contributed by atoms with Crippen LogP contribution in [0.15, 0.2) is 0 Å². The van der Waals surface area contributed by atoms with Crippen molar-refractivity contribution in [2.75, 3.05) is 13.1 Å². The highest BCUT2D eigenvalue weighted by Gasteiger charge is 2.26. The summed E-state index contributed by atoms with van der Waals surface area (Å²) in [5, 5.41) is 8.59. The highest BCUT2D eigenvalue weighted by molar-refractivity contribution is 6.02. The van der Waals surface area contributed by atoms with Crippen LogP contribution >= 0.6 is 0 Å². The van der Waals surface area contributed by atoms with Crippen LogP contribution in [-0.4, -0.2) is 29.7 Å². The third-order valence-electron chi connectivity index (χ3n) is 1.86. The van der Waals surface area contributed by atoms with Crippen molar-refractivity contribution in [2.24, 2.45) is 5.92 Å².